The third-order valence-electron chi connectivity index (χ3n) is 3.09. The Morgan fingerprint density at radius 1 is 1.43 bits per heavy atom. The number of rotatable bonds is 6. The topological polar surface area (TPSA) is 71.8 Å². The van der Waals surface area contributed by atoms with Crippen LogP contribution in [0.25, 0.3) is 0 Å². The predicted octanol–water partition coefficient (Wildman–Crippen LogP) is 1.53. The van der Waals surface area contributed by atoms with E-state index in [9.17, 15) is 4.79 Å². The van der Waals surface area contributed by atoms with E-state index in [4.69, 9.17) is 0 Å². The molecule has 112 valence electrons. The summed E-state index contributed by atoms with van der Waals surface area (Å²) in [5.41, 5.74) is 3.24. The Morgan fingerprint density at radius 2 is 2.24 bits per heavy atom. The molecule has 1 amide bonds. The van der Waals surface area contributed by atoms with Gasteiger partial charge in [-0.25, -0.2) is 0 Å². The summed E-state index contributed by atoms with van der Waals surface area (Å²) in [4.78, 5) is 16.4. The summed E-state index contributed by atoms with van der Waals surface area (Å²) >= 11 is 0. The highest BCUT2D eigenvalue weighted by atomic mass is 16.1. The second kappa shape index (κ2) is 6.88. The average Bonchev–Trinajstić information content (AvgIpc) is 2.85. The fraction of sp³-hybridized carbons (Fsp3) is 0.400. The van der Waals surface area contributed by atoms with Crippen molar-refractivity contribution in [3.63, 3.8) is 0 Å². The SMILES string of the molecule is CCNc1cc(C)ncc1C(=O)NCCc1ccn(C)n1. The Kier molecular flexibility index (Phi) is 4.92. The molecular formula is C15H21N5O. The highest BCUT2D eigenvalue weighted by Gasteiger charge is 2.11. The van der Waals surface area contributed by atoms with Gasteiger partial charge in [0.05, 0.1) is 16.9 Å². The molecule has 0 aliphatic rings. The molecule has 0 aromatic carbocycles. The maximum absolute atomic E-state index is 12.2. The van der Waals surface area contributed by atoms with Crippen molar-refractivity contribution in [2.45, 2.75) is 20.3 Å². The first kappa shape index (κ1) is 15.0. The Balaban J connectivity index is 1.96. The first-order valence-corrected chi connectivity index (χ1v) is 7.07. The summed E-state index contributed by atoms with van der Waals surface area (Å²) in [6.07, 6.45) is 4.22. The number of carbonyl (C=O) groups excluding carboxylic acids is 1. The molecule has 0 fully saturated rings. The van der Waals surface area contributed by atoms with Crippen molar-refractivity contribution in [3.8, 4) is 0 Å². The van der Waals surface area contributed by atoms with E-state index in [0.717, 1.165) is 23.6 Å². The minimum atomic E-state index is -0.116. The standard InChI is InChI=1S/C15H21N5O/c1-4-16-14-9-11(2)18-10-13(14)15(21)17-7-5-12-6-8-20(3)19-12/h6,8-10H,4-5,7H2,1-3H3,(H,16,18)(H,17,21). The number of nitrogens with zero attached hydrogens (tertiary/aromatic N) is 3. The zero-order valence-electron chi connectivity index (χ0n) is 12.7. The van der Waals surface area contributed by atoms with Gasteiger partial charge in [-0.1, -0.05) is 0 Å². The van der Waals surface area contributed by atoms with Gasteiger partial charge in [-0.15, -0.1) is 0 Å². The normalized spacial score (nSPS) is 10.4. The number of carbonyl (C=O) groups is 1. The van der Waals surface area contributed by atoms with Gasteiger partial charge in [0.1, 0.15) is 0 Å². The van der Waals surface area contributed by atoms with Gasteiger partial charge < -0.3 is 10.6 Å². The van der Waals surface area contributed by atoms with Crippen LogP contribution in [0.3, 0.4) is 0 Å². The monoisotopic (exact) mass is 287 g/mol. The number of amides is 1. The van der Waals surface area contributed by atoms with E-state index < -0.39 is 0 Å². The van der Waals surface area contributed by atoms with Crippen LogP contribution in [0.1, 0.15) is 28.7 Å². The molecule has 21 heavy (non-hydrogen) atoms. The maximum atomic E-state index is 12.2. The average molecular weight is 287 g/mol. The number of pyridine rings is 1. The first-order valence-electron chi connectivity index (χ1n) is 7.07. The van der Waals surface area contributed by atoms with Crippen molar-refractivity contribution in [2.24, 2.45) is 7.05 Å². The lowest BCUT2D eigenvalue weighted by Gasteiger charge is -2.11. The van der Waals surface area contributed by atoms with Crippen LogP contribution in [0.4, 0.5) is 5.69 Å². The number of hydrogen-bond donors (Lipinski definition) is 2. The van der Waals surface area contributed by atoms with Gasteiger partial charge in [0.2, 0.25) is 0 Å². The zero-order valence-corrected chi connectivity index (χ0v) is 12.7. The van der Waals surface area contributed by atoms with E-state index >= 15 is 0 Å². The van der Waals surface area contributed by atoms with Gasteiger partial charge in [0.15, 0.2) is 0 Å². The summed E-state index contributed by atoms with van der Waals surface area (Å²) < 4.78 is 1.75. The van der Waals surface area contributed by atoms with Crippen molar-refractivity contribution in [1.29, 1.82) is 0 Å². The fourth-order valence-electron chi connectivity index (χ4n) is 2.07. The van der Waals surface area contributed by atoms with Gasteiger partial charge in [0.25, 0.3) is 5.91 Å². The molecule has 2 aromatic heterocycles. The van der Waals surface area contributed by atoms with Gasteiger partial charge in [0, 0.05) is 44.6 Å². The molecule has 6 nitrogen and oxygen atoms in total. The summed E-state index contributed by atoms with van der Waals surface area (Å²) in [7, 11) is 1.88. The van der Waals surface area contributed by atoms with E-state index in [1.165, 1.54) is 0 Å². The first-order chi connectivity index (χ1) is 10.1. The van der Waals surface area contributed by atoms with Crippen molar-refractivity contribution in [1.82, 2.24) is 20.1 Å². The molecule has 2 rings (SSSR count). The highest BCUT2D eigenvalue weighted by Crippen LogP contribution is 2.15. The predicted molar refractivity (Wildman–Crippen MR) is 82.4 cm³/mol. The molecule has 0 atom stereocenters. The van der Waals surface area contributed by atoms with Crippen LogP contribution in [0.2, 0.25) is 0 Å². The van der Waals surface area contributed by atoms with E-state index in [2.05, 4.69) is 20.7 Å². The minimum absolute atomic E-state index is 0.116. The largest absolute Gasteiger partial charge is 0.385 e. The van der Waals surface area contributed by atoms with Crippen LogP contribution < -0.4 is 10.6 Å². The lowest BCUT2D eigenvalue weighted by molar-refractivity contribution is 0.0954. The number of anilines is 1. The van der Waals surface area contributed by atoms with Crippen molar-refractivity contribution < 1.29 is 4.79 Å². The second-order valence-corrected chi connectivity index (χ2v) is 4.89. The molecule has 0 saturated carbocycles. The molecule has 0 aliphatic carbocycles. The summed E-state index contributed by atoms with van der Waals surface area (Å²) in [6, 6.07) is 3.83. The molecule has 0 radical (unpaired) electrons. The molecule has 2 heterocycles. The van der Waals surface area contributed by atoms with Gasteiger partial charge in [-0.2, -0.15) is 5.10 Å². The molecule has 0 saturated heterocycles. The minimum Gasteiger partial charge on any atom is -0.385 e. The van der Waals surface area contributed by atoms with E-state index in [-0.39, 0.29) is 5.91 Å². The van der Waals surface area contributed by atoms with Crippen LogP contribution >= 0.6 is 0 Å². The molecule has 0 unspecified atom stereocenters. The number of aromatic nitrogens is 3. The molecule has 2 aromatic rings. The van der Waals surface area contributed by atoms with E-state index in [1.54, 1.807) is 10.9 Å². The highest BCUT2D eigenvalue weighted by molar-refractivity contribution is 5.99. The van der Waals surface area contributed by atoms with Crippen molar-refractivity contribution in [2.75, 3.05) is 18.4 Å². The van der Waals surface area contributed by atoms with Gasteiger partial charge in [-0.05, 0) is 26.0 Å². The third kappa shape index (κ3) is 4.05. The van der Waals surface area contributed by atoms with Gasteiger partial charge >= 0.3 is 0 Å². The van der Waals surface area contributed by atoms with E-state index in [1.807, 2.05) is 39.2 Å². The van der Waals surface area contributed by atoms with Crippen molar-refractivity contribution >= 4 is 11.6 Å². The Bertz CT molecular complexity index is 620. The molecule has 0 aliphatic heterocycles. The Hall–Kier alpha value is -2.37. The summed E-state index contributed by atoms with van der Waals surface area (Å²) in [5.74, 6) is -0.116. The molecule has 0 spiro atoms. The number of aryl methyl sites for hydroxylation is 2. The fourth-order valence-corrected chi connectivity index (χ4v) is 2.07. The summed E-state index contributed by atoms with van der Waals surface area (Å²) in [5, 5.41) is 10.4. The molecule has 0 bridgehead atoms. The number of hydrogen-bond acceptors (Lipinski definition) is 4. The Labute approximate surface area is 124 Å². The summed E-state index contributed by atoms with van der Waals surface area (Å²) in [6.45, 7) is 5.22. The Morgan fingerprint density at radius 3 is 2.90 bits per heavy atom. The number of nitrogens with one attached hydrogen (secondary N) is 2. The third-order valence-corrected chi connectivity index (χ3v) is 3.09. The molecular weight excluding hydrogens is 266 g/mol. The van der Waals surface area contributed by atoms with Crippen LogP contribution in [0.5, 0.6) is 0 Å². The molecule has 6 heteroatoms. The lowest BCUT2D eigenvalue weighted by atomic mass is 10.2. The quantitative estimate of drug-likeness (QED) is 0.845. The van der Waals surface area contributed by atoms with Crippen LogP contribution in [-0.2, 0) is 13.5 Å². The zero-order chi connectivity index (χ0) is 15.2. The van der Waals surface area contributed by atoms with Gasteiger partial charge in [-0.3, -0.25) is 14.5 Å². The van der Waals surface area contributed by atoms with E-state index in [0.29, 0.717) is 18.5 Å². The van der Waals surface area contributed by atoms with Crippen LogP contribution in [0.15, 0.2) is 24.5 Å². The van der Waals surface area contributed by atoms with Crippen LogP contribution in [0, 0.1) is 6.92 Å². The van der Waals surface area contributed by atoms with Crippen molar-refractivity contribution in [3.05, 3.63) is 41.5 Å². The maximum Gasteiger partial charge on any atom is 0.254 e. The lowest BCUT2D eigenvalue weighted by Crippen LogP contribution is -2.27. The van der Waals surface area contributed by atoms with Crippen LogP contribution in [-0.4, -0.2) is 33.8 Å². The smallest absolute Gasteiger partial charge is 0.254 e. The second-order valence-electron chi connectivity index (χ2n) is 4.89. The molecule has 2 N–H and O–H groups in total.